The van der Waals surface area contributed by atoms with Gasteiger partial charge in [-0.05, 0) is 36.0 Å². The molecule has 0 radical (unpaired) electrons. The van der Waals surface area contributed by atoms with Crippen molar-refractivity contribution in [2.75, 3.05) is 0 Å². The highest BCUT2D eigenvalue weighted by Gasteiger charge is 2.54. The molecular weight excluding hydrogens is 132 g/mol. The van der Waals surface area contributed by atoms with Gasteiger partial charge in [-0.3, -0.25) is 0 Å². The second-order valence-corrected chi connectivity index (χ2v) is 4.73. The van der Waals surface area contributed by atoms with E-state index in [9.17, 15) is 0 Å². The zero-order chi connectivity index (χ0) is 8.01. The Labute approximate surface area is 70.4 Å². The summed E-state index contributed by atoms with van der Waals surface area (Å²) in [5.41, 5.74) is 0. The monoisotopic (exact) mass is 152 g/mol. The molecule has 3 aliphatic rings. The average Bonchev–Trinajstić information content (AvgIpc) is 2.34. The molecule has 0 spiro atoms. The number of fused-ring (bicyclic) bond motifs is 1. The summed E-state index contributed by atoms with van der Waals surface area (Å²) in [6.07, 6.45) is 4.47. The van der Waals surface area contributed by atoms with Crippen LogP contribution in [0.15, 0.2) is 0 Å². The predicted molar refractivity (Wildman–Crippen MR) is 48.3 cm³/mol. The lowest BCUT2D eigenvalue weighted by atomic mass is 9.68. The van der Waals surface area contributed by atoms with Gasteiger partial charge in [0.1, 0.15) is 0 Å². The molecule has 0 nitrogen and oxygen atoms in total. The molecule has 5 atom stereocenters. The zero-order valence-corrected chi connectivity index (χ0v) is 8.01. The lowest BCUT2D eigenvalue weighted by Crippen LogP contribution is -2.29. The molecule has 2 bridgehead atoms. The fourth-order valence-electron chi connectivity index (χ4n) is 3.54. The van der Waals surface area contributed by atoms with Gasteiger partial charge < -0.3 is 0 Å². The summed E-state index contributed by atoms with van der Waals surface area (Å²) in [4.78, 5) is 0. The van der Waals surface area contributed by atoms with Crippen LogP contribution in [-0.2, 0) is 0 Å². The van der Waals surface area contributed by atoms with Crippen LogP contribution in [-0.4, -0.2) is 0 Å². The number of hydrogen-bond donors (Lipinski definition) is 0. The summed E-state index contributed by atoms with van der Waals surface area (Å²) in [6, 6.07) is 0. The molecule has 3 fully saturated rings. The van der Waals surface area contributed by atoms with Crippen LogP contribution in [0, 0.1) is 29.6 Å². The van der Waals surface area contributed by atoms with Crippen LogP contribution in [0.25, 0.3) is 0 Å². The molecular formula is C11H20. The standard InChI is InChI=1S/C11H20/c1-4-5-9-10-6-11(9)8(3)7(10)2/h7-11H,4-6H2,1-3H3/t7-,8?,9?,10?,11?/m0/s1. The molecule has 4 unspecified atom stereocenters. The molecule has 0 saturated heterocycles. The highest BCUT2D eigenvalue weighted by atomic mass is 14.6. The van der Waals surface area contributed by atoms with Crippen molar-refractivity contribution in [2.45, 2.75) is 40.0 Å². The van der Waals surface area contributed by atoms with E-state index in [1.807, 2.05) is 0 Å². The van der Waals surface area contributed by atoms with E-state index < -0.39 is 0 Å². The first kappa shape index (κ1) is 7.64. The van der Waals surface area contributed by atoms with E-state index in [4.69, 9.17) is 0 Å². The van der Waals surface area contributed by atoms with Crippen LogP contribution in [0.5, 0.6) is 0 Å². The second kappa shape index (κ2) is 2.50. The topological polar surface area (TPSA) is 0 Å². The highest BCUT2D eigenvalue weighted by molar-refractivity contribution is 5.03. The van der Waals surface area contributed by atoms with Crippen molar-refractivity contribution in [2.24, 2.45) is 29.6 Å². The van der Waals surface area contributed by atoms with Crippen molar-refractivity contribution < 1.29 is 0 Å². The van der Waals surface area contributed by atoms with Gasteiger partial charge in [0.05, 0.1) is 0 Å². The highest BCUT2D eigenvalue weighted by Crippen LogP contribution is 2.61. The summed E-state index contributed by atoms with van der Waals surface area (Å²) in [5, 5.41) is 0. The van der Waals surface area contributed by atoms with E-state index in [1.165, 1.54) is 12.8 Å². The van der Waals surface area contributed by atoms with Crippen molar-refractivity contribution in [3.63, 3.8) is 0 Å². The molecule has 3 rings (SSSR count). The molecule has 0 aromatic heterocycles. The van der Waals surface area contributed by atoms with E-state index in [0.29, 0.717) is 0 Å². The fourth-order valence-corrected chi connectivity index (χ4v) is 3.54. The van der Waals surface area contributed by atoms with Gasteiger partial charge in [-0.15, -0.1) is 0 Å². The van der Waals surface area contributed by atoms with E-state index in [2.05, 4.69) is 20.8 Å². The Bertz CT molecular complexity index is 136. The van der Waals surface area contributed by atoms with Crippen LogP contribution < -0.4 is 0 Å². The maximum absolute atomic E-state index is 2.46. The van der Waals surface area contributed by atoms with E-state index in [1.54, 1.807) is 6.42 Å². The summed E-state index contributed by atoms with van der Waals surface area (Å²) in [7, 11) is 0. The van der Waals surface area contributed by atoms with E-state index >= 15 is 0 Å². The summed E-state index contributed by atoms with van der Waals surface area (Å²) < 4.78 is 0. The third kappa shape index (κ3) is 0.878. The van der Waals surface area contributed by atoms with Crippen molar-refractivity contribution in [3.05, 3.63) is 0 Å². The maximum Gasteiger partial charge on any atom is -0.0352 e. The lowest BCUT2D eigenvalue weighted by molar-refractivity contribution is 0.123. The van der Waals surface area contributed by atoms with Crippen molar-refractivity contribution >= 4 is 0 Å². The molecule has 0 amide bonds. The van der Waals surface area contributed by atoms with Crippen LogP contribution in [0.1, 0.15) is 40.0 Å². The molecule has 0 aliphatic heterocycles. The van der Waals surface area contributed by atoms with Crippen LogP contribution >= 0.6 is 0 Å². The minimum atomic E-state index is 1.04. The van der Waals surface area contributed by atoms with Crippen molar-refractivity contribution in [1.29, 1.82) is 0 Å². The smallest absolute Gasteiger partial charge is 0.0352 e. The van der Waals surface area contributed by atoms with Gasteiger partial charge in [0.15, 0.2) is 0 Å². The van der Waals surface area contributed by atoms with Crippen LogP contribution in [0.3, 0.4) is 0 Å². The minimum Gasteiger partial charge on any atom is -0.0654 e. The van der Waals surface area contributed by atoms with Gasteiger partial charge in [-0.2, -0.15) is 0 Å². The Kier molecular flexibility index (Phi) is 1.74. The first-order valence-corrected chi connectivity index (χ1v) is 5.25. The summed E-state index contributed by atoms with van der Waals surface area (Å²) in [5.74, 6) is 5.45. The Morgan fingerprint density at radius 3 is 2.00 bits per heavy atom. The second-order valence-electron chi connectivity index (χ2n) is 4.73. The van der Waals surface area contributed by atoms with Gasteiger partial charge in [0.2, 0.25) is 0 Å². The van der Waals surface area contributed by atoms with Crippen LogP contribution in [0.4, 0.5) is 0 Å². The fraction of sp³-hybridized carbons (Fsp3) is 1.00. The SMILES string of the molecule is CCCC1C2CC1[C@@H](C)C2C. The van der Waals surface area contributed by atoms with Crippen molar-refractivity contribution in [1.82, 2.24) is 0 Å². The third-order valence-electron chi connectivity index (χ3n) is 4.45. The average molecular weight is 152 g/mol. The van der Waals surface area contributed by atoms with Crippen molar-refractivity contribution in [3.8, 4) is 0 Å². The number of hydrogen-bond acceptors (Lipinski definition) is 0. The van der Waals surface area contributed by atoms with Gasteiger partial charge in [0.25, 0.3) is 0 Å². The Morgan fingerprint density at radius 2 is 1.64 bits per heavy atom. The normalized spacial score (nSPS) is 54.3. The zero-order valence-electron chi connectivity index (χ0n) is 8.01. The molecule has 0 heteroatoms. The molecule has 3 saturated carbocycles. The Morgan fingerprint density at radius 1 is 1.09 bits per heavy atom. The molecule has 0 heterocycles. The predicted octanol–water partition coefficient (Wildman–Crippen LogP) is 3.32. The van der Waals surface area contributed by atoms with Crippen LogP contribution in [0.2, 0.25) is 0 Å². The van der Waals surface area contributed by atoms with E-state index in [-0.39, 0.29) is 0 Å². The molecule has 3 aliphatic carbocycles. The van der Waals surface area contributed by atoms with Gasteiger partial charge in [-0.25, -0.2) is 0 Å². The largest absolute Gasteiger partial charge is 0.0654 e. The van der Waals surface area contributed by atoms with Gasteiger partial charge in [-0.1, -0.05) is 33.6 Å². The number of rotatable bonds is 2. The molecule has 0 N–H and O–H groups in total. The molecule has 64 valence electrons. The third-order valence-corrected chi connectivity index (χ3v) is 4.45. The van der Waals surface area contributed by atoms with Gasteiger partial charge >= 0.3 is 0 Å². The maximum atomic E-state index is 2.46. The first-order valence-electron chi connectivity index (χ1n) is 5.25. The summed E-state index contributed by atoms with van der Waals surface area (Å²) >= 11 is 0. The molecule has 11 heavy (non-hydrogen) atoms. The Hall–Kier alpha value is 0. The van der Waals surface area contributed by atoms with E-state index in [0.717, 1.165) is 29.6 Å². The Balaban J connectivity index is 2.00. The van der Waals surface area contributed by atoms with Gasteiger partial charge in [0, 0.05) is 0 Å². The quantitative estimate of drug-likeness (QED) is 0.569. The first-order chi connectivity index (χ1) is 5.25. The minimum absolute atomic E-state index is 1.04. The molecule has 0 aromatic carbocycles. The molecule has 0 aromatic rings. The lowest BCUT2D eigenvalue weighted by Gasteiger charge is -2.37. The summed E-state index contributed by atoms with van der Waals surface area (Å²) in [6.45, 7) is 7.25.